The lowest BCUT2D eigenvalue weighted by Crippen LogP contribution is -2.42. The third-order valence-electron chi connectivity index (χ3n) is 5.34. The predicted octanol–water partition coefficient (Wildman–Crippen LogP) is 4.25. The van der Waals surface area contributed by atoms with Gasteiger partial charge in [-0.05, 0) is 55.4 Å². The highest BCUT2D eigenvalue weighted by molar-refractivity contribution is 5.78. The smallest absolute Gasteiger partial charge is 0.387 e. The molecule has 2 aromatic carbocycles. The molecule has 6 heteroatoms. The van der Waals surface area contributed by atoms with Crippen LogP contribution in [0.1, 0.15) is 30.9 Å². The molecule has 2 aromatic rings. The van der Waals surface area contributed by atoms with Crippen molar-refractivity contribution in [3.63, 3.8) is 0 Å². The van der Waals surface area contributed by atoms with Crippen LogP contribution in [0.15, 0.2) is 54.6 Å². The largest absolute Gasteiger partial charge is 0.435 e. The molecule has 4 nitrogen and oxygen atoms in total. The zero-order valence-electron chi connectivity index (χ0n) is 16.7. The molecular formula is C23H28F2N2O2. The van der Waals surface area contributed by atoms with Crippen LogP contribution in [-0.2, 0) is 17.8 Å². The number of nitrogens with zero attached hydrogens (tertiary/aromatic N) is 1. The van der Waals surface area contributed by atoms with Gasteiger partial charge in [0.15, 0.2) is 0 Å². The van der Waals surface area contributed by atoms with E-state index in [2.05, 4.69) is 34.0 Å². The molecule has 0 spiro atoms. The van der Waals surface area contributed by atoms with Crippen LogP contribution < -0.4 is 10.1 Å². The Morgan fingerprint density at radius 3 is 2.41 bits per heavy atom. The van der Waals surface area contributed by atoms with Crippen LogP contribution in [0.5, 0.6) is 5.75 Å². The Labute approximate surface area is 170 Å². The van der Waals surface area contributed by atoms with E-state index in [1.165, 1.54) is 30.5 Å². The summed E-state index contributed by atoms with van der Waals surface area (Å²) in [6, 6.07) is 17.1. The molecule has 0 aromatic heterocycles. The summed E-state index contributed by atoms with van der Waals surface area (Å²) in [6.07, 6.45) is 3.11. The van der Waals surface area contributed by atoms with E-state index in [4.69, 9.17) is 0 Å². The van der Waals surface area contributed by atoms with Gasteiger partial charge in [-0.15, -0.1) is 0 Å². The molecule has 0 heterocycles. The van der Waals surface area contributed by atoms with Gasteiger partial charge in [0, 0.05) is 19.1 Å². The Kier molecular flexibility index (Phi) is 7.58. The Morgan fingerprint density at radius 1 is 1.10 bits per heavy atom. The van der Waals surface area contributed by atoms with Crippen molar-refractivity contribution < 1.29 is 18.3 Å². The summed E-state index contributed by atoms with van der Waals surface area (Å²) in [7, 11) is 0. The van der Waals surface area contributed by atoms with E-state index in [9.17, 15) is 13.6 Å². The fourth-order valence-corrected chi connectivity index (χ4v) is 3.46. The molecule has 1 fully saturated rings. The monoisotopic (exact) mass is 402 g/mol. The summed E-state index contributed by atoms with van der Waals surface area (Å²) < 4.78 is 28.7. The third-order valence-corrected chi connectivity index (χ3v) is 5.34. The second-order valence-electron chi connectivity index (χ2n) is 7.59. The SMILES string of the molecule is CC(C1CC1)N(CC(=O)NCCc1ccc(OC(F)F)cc1)Cc1ccccc1. The van der Waals surface area contributed by atoms with Crippen molar-refractivity contribution in [2.75, 3.05) is 13.1 Å². The molecule has 29 heavy (non-hydrogen) atoms. The van der Waals surface area contributed by atoms with Crippen LogP contribution >= 0.6 is 0 Å². The van der Waals surface area contributed by atoms with E-state index in [0.717, 1.165) is 12.1 Å². The molecule has 3 rings (SSSR count). The molecule has 156 valence electrons. The number of nitrogens with one attached hydrogen (secondary N) is 1. The van der Waals surface area contributed by atoms with Gasteiger partial charge in [-0.3, -0.25) is 9.69 Å². The summed E-state index contributed by atoms with van der Waals surface area (Å²) in [5.74, 6) is 0.824. The number of halogens is 2. The van der Waals surface area contributed by atoms with E-state index >= 15 is 0 Å². The molecule has 1 aliphatic carbocycles. The maximum atomic E-state index is 12.5. The number of carbonyl (C=O) groups excluding carboxylic acids is 1. The Hall–Kier alpha value is -2.47. The summed E-state index contributed by atoms with van der Waals surface area (Å²) in [5.41, 5.74) is 2.17. The van der Waals surface area contributed by atoms with Crippen LogP contribution in [0.25, 0.3) is 0 Å². The number of amides is 1. The van der Waals surface area contributed by atoms with Crippen molar-refractivity contribution in [1.82, 2.24) is 10.2 Å². The number of hydrogen-bond acceptors (Lipinski definition) is 3. The number of rotatable bonds is 11. The van der Waals surface area contributed by atoms with Gasteiger partial charge in [-0.25, -0.2) is 0 Å². The first kappa shape index (κ1) is 21.2. The summed E-state index contributed by atoms with van der Waals surface area (Å²) in [6.45, 7) is 1.02. The van der Waals surface area contributed by atoms with Gasteiger partial charge in [0.2, 0.25) is 5.91 Å². The fraction of sp³-hybridized carbons (Fsp3) is 0.435. The van der Waals surface area contributed by atoms with E-state index in [1.807, 2.05) is 18.2 Å². The number of ether oxygens (including phenoxy) is 1. The first-order chi connectivity index (χ1) is 14.0. The molecule has 0 saturated heterocycles. The lowest BCUT2D eigenvalue weighted by molar-refractivity contribution is -0.123. The quantitative estimate of drug-likeness (QED) is 0.611. The second-order valence-corrected chi connectivity index (χ2v) is 7.59. The molecule has 1 amide bonds. The van der Waals surface area contributed by atoms with Crippen molar-refractivity contribution in [3.8, 4) is 5.75 Å². The minimum absolute atomic E-state index is 0.00563. The van der Waals surface area contributed by atoms with Crippen LogP contribution in [0.4, 0.5) is 8.78 Å². The third kappa shape index (κ3) is 7.13. The van der Waals surface area contributed by atoms with Gasteiger partial charge in [0.1, 0.15) is 5.75 Å². The van der Waals surface area contributed by atoms with Crippen LogP contribution in [0.3, 0.4) is 0 Å². The summed E-state index contributed by atoms with van der Waals surface area (Å²) in [4.78, 5) is 14.7. The van der Waals surface area contributed by atoms with E-state index in [-0.39, 0.29) is 11.7 Å². The average Bonchev–Trinajstić information content (AvgIpc) is 3.54. The zero-order valence-corrected chi connectivity index (χ0v) is 16.7. The molecule has 1 unspecified atom stereocenters. The lowest BCUT2D eigenvalue weighted by Gasteiger charge is -2.28. The molecule has 1 aliphatic rings. The highest BCUT2D eigenvalue weighted by Gasteiger charge is 2.32. The number of hydrogen-bond donors (Lipinski definition) is 1. The van der Waals surface area contributed by atoms with E-state index in [0.29, 0.717) is 31.5 Å². The number of carbonyl (C=O) groups is 1. The second kappa shape index (κ2) is 10.3. The number of alkyl halides is 2. The Morgan fingerprint density at radius 2 is 1.79 bits per heavy atom. The first-order valence-corrected chi connectivity index (χ1v) is 10.1. The van der Waals surface area contributed by atoms with Crippen molar-refractivity contribution >= 4 is 5.91 Å². The minimum Gasteiger partial charge on any atom is -0.435 e. The van der Waals surface area contributed by atoms with Crippen molar-refractivity contribution in [2.45, 2.75) is 45.4 Å². The number of benzene rings is 2. The molecule has 1 saturated carbocycles. The van der Waals surface area contributed by atoms with Gasteiger partial charge in [0.05, 0.1) is 6.54 Å². The topological polar surface area (TPSA) is 41.6 Å². The zero-order chi connectivity index (χ0) is 20.6. The summed E-state index contributed by atoms with van der Waals surface area (Å²) in [5, 5.41) is 2.98. The molecule has 0 bridgehead atoms. The highest BCUT2D eigenvalue weighted by atomic mass is 19.3. The average molecular weight is 402 g/mol. The highest BCUT2D eigenvalue weighted by Crippen LogP contribution is 2.35. The Balaban J connectivity index is 1.46. The van der Waals surface area contributed by atoms with E-state index in [1.54, 1.807) is 12.1 Å². The van der Waals surface area contributed by atoms with Crippen LogP contribution in [0.2, 0.25) is 0 Å². The molecule has 1 atom stereocenters. The molecule has 0 aliphatic heterocycles. The lowest BCUT2D eigenvalue weighted by atomic mass is 10.1. The summed E-state index contributed by atoms with van der Waals surface area (Å²) >= 11 is 0. The van der Waals surface area contributed by atoms with Gasteiger partial charge in [-0.1, -0.05) is 42.5 Å². The maximum Gasteiger partial charge on any atom is 0.387 e. The molecular weight excluding hydrogens is 374 g/mol. The molecule has 1 N–H and O–H groups in total. The van der Waals surface area contributed by atoms with Gasteiger partial charge >= 0.3 is 6.61 Å². The van der Waals surface area contributed by atoms with E-state index < -0.39 is 6.61 Å². The standard InChI is InChI=1S/C23H28F2N2O2/c1-17(20-9-10-20)27(15-19-5-3-2-4-6-19)16-22(28)26-14-13-18-7-11-21(12-8-18)29-23(24)25/h2-8,11-12,17,20,23H,9-10,13-16H2,1H3,(H,26,28). The molecule has 0 radical (unpaired) electrons. The van der Waals surface area contributed by atoms with Crippen molar-refractivity contribution in [1.29, 1.82) is 0 Å². The van der Waals surface area contributed by atoms with Crippen LogP contribution in [0, 0.1) is 5.92 Å². The minimum atomic E-state index is -2.82. The van der Waals surface area contributed by atoms with Crippen molar-refractivity contribution in [2.24, 2.45) is 5.92 Å². The fourth-order valence-electron chi connectivity index (χ4n) is 3.46. The van der Waals surface area contributed by atoms with Gasteiger partial charge in [-0.2, -0.15) is 8.78 Å². The van der Waals surface area contributed by atoms with Crippen molar-refractivity contribution in [3.05, 3.63) is 65.7 Å². The maximum absolute atomic E-state index is 12.5. The first-order valence-electron chi connectivity index (χ1n) is 10.1. The normalized spacial score (nSPS) is 14.8. The van der Waals surface area contributed by atoms with Gasteiger partial charge < -0.3 is 10.1 Å². The predicted molar refractivity (Wildman–Crippen MR) is 109 cm³/mol. The van der Waals surface area contributed by atoms with Crippen LogP contribution in [-0.4, -0.2) is 36.5 Å². The van der Waals surface area contributed by atoms with Gasteiger partial charge in [0.25, 0.3) is 0 Å². The Bertz CT molecular complexity index is 764.